The van der Waals surface area contributed by atoms with Crippen molar-refractivity contribution in [1.29, 1.82) is 0 Å². The van der Waals surface area contributed by atoms with E-state index in [2.05, 4.69) is 0 Å². The Morgan fingerprint density at radius 1 is 1.30 bits per heavy atom. The van der Waals surface area contributed by atoms with Gasteiger partial charge in [0.25, 0.3) is 0 Å². The van der Waals surface area contributed by atoms with E-state index >= 15 is 0 Å². The standard InChI is InChI=1S/C6H6F2.C2H6/c7-5-3-1-2-4-6(5)8;1-2/h1,3H,2,4H2;1-2H3. The van der Waals surface area contributed by atoms with Gasteiger partial charge in [0.15, 0.2) is 5.83 Å². The monoisotopic (exact) mass is 146 g/mol. The van der Waals surface area contributed by atoms with Crippen LogP contribution in [0.1, 0.15) is 26.7 Å². The number of hydrogen-bond acceptors (Lipinski definition) is 0. The van der Waals surface area contributed by atoms with Crippen molar-refractivity contribution >= 4 is 0 Å². The second-order valence-electron chi connectivity index (χ2n) is 1.69. The molecule has 0 N–H and O–H groups in total. The van der Waals surface area contributed by atoms with Gasteiger partial charge in [0, 0.05) is 6.42 Å². The van der Waals surface area contributed by atoms with Crippen molar-refractivity contribution in [2.75, 3.05) is 0 Å². The van der Waals surface area contributed by atoms with Crippen LogP contribution < -0.4 is 0 Å². The van der Waals surface area contributed by atoms with Crippen LogP contribution in [-0.2, 0) is 0 Å². The molecule has 1 aliphatic rings. The van der Waals surface area contributed by atoms with Crippen molar-refractivity contribution in [3.05, 3.63) is 23.8 Å². The van der Waals surface area contributed by atoms with Crippen LogP contribution in [0.2, 0.25) is 0 Å². The quantitative estimate of drug-likeness (QED) is 0.490. The zero-order valence-electron chi connectivity index (χ0n) is 6.32. The molecule has 0 saturated heterocycles. The minimum absolute atomic E-state index is 0.225. The first-order valence-corrected chi connectivity index (χ1v) is 3.51. The Hall–Kier alpha value is -0.660. The molecular formula is C8H12F2. The Kier molecular flexibility index (Phi) is 4.81. The molecule has 0 aromatic carbocycles. The van der Waals surface area contributed by atoms with Crippen molar-refractivity contribution in [3.8, 4) is 0 Å². The van der Waals surface area contributed by atoms with Gasteiger partial charge < -0.3 is 0 Å². The summed E-state index contributed by atoms with van der Waals surface area (Å²) in [4.78, 5) is 0. The molecule has 0 atom stereocenters. The molecule has 0 aromatic rings. The summed E-state index contributed by atoms with van der Waals surface area (Å²) in [5.41, 5.74) is 0. The molecule has 0 amide bonds. The first-order valence-electron chi connectivity index (χ1n) is 3.51. The molecule has 1 rings (SSSR count). The van der Waals surface area contributed by atoms with Crippen LogP contribution in [0.4, 0.5) is 8.78 Å². The Morgan fingerprint density at radius 3 is 2.20 bits per heavy atom. The van der Waals surface area contributed by atoms with Gasteiger partial charge in [-0.15, -0.1) is 0 Å². The normalized spacial score (nSPS) is 16.4. The molecule has 0 radical (unpaired) electrons. The van der Waals surface area contributed by atoms with Gasteiger partial charge in [-0.2, -0.15) is 0 Å². The van der Waals surface area contributed by atoms with Crippen LogP contribution in [0.3, 0.4) is 0 Å². The molecule has 0 nitrogen and oxygen atoms in total. The smallest absolute Gasteiger partial charge is 0.154 e. The van der Waals surface area contributed by atoms with E-state index < -0.39 is 11.7 Å². The van der Waals surface area contributed by atoms with Gasteiger partial charge in [-0.1, -0.05) is 19.9 Å². The summed E-state index contributed by atoms with van der Waals surface area (Å²) in [6.45, 7) is 4.00. The largest absolute Gasteiger partial charge is 0.209 e. The molecule has 2 heteroatoms. The van der Waals surface area contributed by atoms with Gasteiger partial charge in [0.05, 0.1) is 0 Å². The van der Waals surface area contributed by atoms with Crippen molar-refractivity contribution < 1.29 is 8.78 Å². The fourth-order valence-electron chi connectivity index (χ4n) is 0.607. The maximum absolute atomic E-state index is 12.0. The fourth-order valence-corrected chi connectivity index (χ4v) is 0.607. The van der Waals surface area contributed by atoms with Gasteiger partial charge >= 0.3 is 0 Å². The number of rotatable bonds is 0. The van der Waals surface area contributed by atoms with Crippen LogP contribution in [0.25, 0.3) is 0 Å². The molecule has 0 spiro atoms. The third-order valence-electron chi connectivity index (χ3n) is 1.05. The van der Waals surface area contributed by atoms with Crippen molar-refractivity contribution in [3.63, 3.8) is 0 Å². The van der Waals surface area contributed by atoms with Crippen LogP contribution in [0.5, 0.6) is 0 Å². The lowest BCUT2D eigenvalue weighted by atomic mass is 10.2. The average molecular weight is 146 g/mol. The van der Waals surface area contributed by atoms with Crippen molar-refractivity contribution in [1.82, 2.24) is 0 Å². The third-order valence-corrected chi connectivity index (χ3v) is 1.05. The van der Waals surface area contributed by atoms with E-state index in [1.807, 2.05) is 13.8 Å². The zero-order chi connectivity index (χ0) is 7.98. The first kappa shape index (κ1) is 9.34. The summed E-state index contributed by atoms with van der Waals surface area (Å²) in [6, 6.07) is 0. The zero-order valence-corrected chi connectivity index (χ0v) is 6.32. The van der Waals surface area contributed by atoms with Gasteiger partial charge in [-0.05, 0) is 12.5 Å². The highest BCUT2D eigenvalue weighted by Gasteiger charge is 2.04. The Morgan fingerprint density at radius 2 is 1.90 bits per heavy atom. The molecule has 0 aromatic heterocycles. The van der Waals surface area contributed by atoms with E-state index in [9.17, 15) is 8.78 Å². The van der Waals surface area contributed by atoms with E-state index in [1.54, 1.807) is 6.08 Å². The van der Waals surface area contributed by atoms with Crippen LogP contribution in [0, 0.1) is 0 Å². The second kappa shape index (κ2) is 5.15. The van der Waals surface area contributed by atoms with Gasteiger partial charge in [-0.3, -0.25) is 0 Å². The summed E-state index contributed by atoms with van der Waals surface area (Å²) in [5.74, 6) is -1.33. The third kappa shape index (κ3) is 2.76. The first-order chi connectivity index (χ1) is 4.80. The average Bonchev–Trinajstić information content (AvgIpc) is 2.00. The molecule has 1 aliphatic carbocycles. The van der Waals surface area contributed by atoms with E-state index in [0.717, 1.165) is 0 Å². The van der Waals surface area contributed by atoms with Gasteiger partial charge in [-0.25, -0.2) is 8.78 Å². The highest BCUT2D eigenvalue weighted by atomic mass is 19.2. The number of halogens is 2. The molecule has 58 valence electrons. The van der Waals surface area contributed by atoms with Gasteiger partial charge in [0.1, 0.15) is 5.83 Å². The number of hydrogen-bond donors (Lipinski definition) is 0. The Balaban J connectivity index is 0.000000371. The molecular weight excluding hydrogens is 134 g/mol. The predicted molar refractivity (Wildman–Crippen MR) is 39.0 cm³/mol. The van der Waals surface area contributed by atoms with E-state index in [1.165, 1.54) is 6.08 Å². The highest BCUT2D eigenvalue weighted by molar-refractivity contribution is 5.19. The molecule has 0 saturated carbocycles. The molecule has 0 heterocycles. The summed E-state index contributed by atoms with van der Waals surface area (Å²) in [5, 5.41) is 0. The molecule has 10 heavy (non-hydrogen) atoms. The Bertz CT molecular complexity index is 145. The summed E-state index contributed by atoms with van der Waals surface area (Å²) in [7, 11) is 0. The lowest BCUT2D eigenvalue weighted by molar-refractivity contribution is 0.516. The second-order valence-corrected chi connectivity index (χ2v) is 1.69. The highest BCUT2D eigenvalue weighted by Crippen LogP contribution is 2.19. The van der Waals surface area contributed by atoms with E-state index in [4.69, 9.17) is 0 Å². The summed E-state index contributed by atoms with van der Waals surface area (Å²) >= 11 is 0. The SMILES string of the molecule is CC.FC1=C(F)CCC=C1. The molecule has 0 fully saturated rings. The van der Waals surface area contributed by atoms with Gasteiger partial charge in [0.2, 0.25) is 0 Å². The maximum Gasteiger partial charge on any atom is 0.154 e. The summed E-state index contributed by atoms with van der Waals surface area (Å²) < 4.78 is 24.0. The van der Waals surface area contributed by atoms with E-state index in [0.29, 0.717) is 6.42 Å². The van der Waals surface area contributed by atoms with Crippen LogP contribution in [-0.4, -0.2) is 0 Å². The lowest BCUT2D eigenvalue weighted by Crippen LogP contribution is -1.83. The van der Waals surface area contributed by atoms with Crippen molar-refractivity contribution in [2.24, 2.45) is 0 Å². The summed E-state index contributed by atoms with van der Waals surface area (Å²) in [6.07, 6.45) is 3.64. The predicted octanol–water partition coefficient (Wildman–Crippen LogP) is 3.51. The maximum atomic E-state index is 12.0. The van der Waals surface area contributed by atoms with E-state index in [-0.39, 0.29) is 6.42 Å². The fraction of sp³-hybridized carbons (Fsp3) is 0.500. The van der Waals surface area contributed by atoms with Crippen molar-refractivity contribution in [2.45, 2.75) is 26.7 Å². The molecule has 0 unspecified atom stereocenters. The lowest BCUT2D eigenvalue weighted by Gasteiger charge is -1.98. The van der Waals surface area contributed by atoms with Crippen LogP contribution in [0.15, 0.2) is 23.8 Å². The Labute approximate surface area is 60.2 Å². The topological polar surface area (TPSA) is 0 Å². The minimum Gasteiger partial charge on any atom is -0.209 e. The molecule has 0 bridgehead atoms. The minimum atomic E-state index is -0.712. The van der Waals surface area contributed by atoms with Crippen LogP contribution >= 0.6 is 0 Å². The molecule has 0 aliphatic heterocycles. The number of allylic oxidation sites excluding steroid dienone is 4.